The van der Waals surface area contributed by atoms with Crippen LogP contribution in [0.1, 0.15) is 31.9 Å². The van der Waals surface area contributed by atoms with Crippen LogP contribution in [-0.2, 0) is 17.5 Å². The maximum absolute atomic E-state index is 12.7. The zero-order chi connectivity index (χ0) is 18.4. The molecule has 142 valence electrons. The zero-order valence-corrected chi connectivity index (χ0v) is 16.7. The van der Waals surface area contributed by atoms with Crippen molar-refractivity contribution in [2.75, 3.05) is 13.1 Å². The number of benzene rings is 1. The largest absolute Gasteiger partial charge is 0.416 e. The third kappa shape index (κ3) is 7.93. The number of carbonyl (C=O) groups excluding carboxylic acids is 1. The number of carbonyl (C=O) groups is 1. The molecule has 1 rings (SSSR count). The Labute approximate surface area is 162 Å². The van der Waals surface area contributed by atoms with Crippen LogP contribution >= 0.6 is 24.0 Å². The summed E-state index contributed by atoms with van der Waals surface area (Å²) in [7, 11) is 0. The first-order valence-electron chi connectivity index (χ1n) is 7.54. The Kier molecular flexibility index (Phi) is 9.23. The van der Waals surface area contributed by atoms with Crippen molar-refractivity contribution in [1.29, 1.82) is 0 Å². The van der Waals surface area contributed by atoms with Crippen LogP contribution in [-0.4, -0.2) is 25.0 Å². The summed E-state index contributed by atoms with van der Waals surface area (Å²) in [5.41, 5.74) is 4.27. The molecule has 4 N–H and O–H groups in total. The van der Waals surface area contributed by atoms with E-state index in [4.69, 9.17) is 5.73 Å². The fourth-order valence-electron chi connectivity index (χ4n) is 1.75. The Bertz CT molecular complexity index is 603. The van der Waals surface area contributed by atoms with Gasteiger partial charge in [0.2, 0.25) is 5.91 Å². The minimum absolute atomic E-state index is 0. The first-order valence-corrected chi connectivity index (χ1v) is 7.54. The van der Waals surface area contributed by atoms with Crippen LogP contribution < -0.4 is 16.4 Å². The van der Waals surface area contributed by atoms with Gasteiger partial charge in [0.1, 0.15) is 0 Å². The van der Waals surface area contributed by atoms with Gasteiger partial charge in [-0.25, -0.2) is 4.99 Å². The number of halogens is 4. The summed E-state index contributed by atoms with van der Waals surface area (Å²) in [6.07, 6.45) is -4.38. The molecule has 0 radical (unpaired) electrons. The van der Waals surface area contributed by atoms with Crippen LogP contribution in [0.5, 0.6) is 0 Å². The number of rotatable bonds is 6. The second kappa shape index (κ2) is 9.83. The molecular formula is C16H24F3IN4O. The Morgan fingerprint density at radius 3 is 2.40 bits per heavy atom. The van der Waals surface area contributed by atoms with E-state index in [2.05, 4.69) is 15.6 Å². The van der Waals surface area contributed by atoms with Crippen molar-refractivity contribution < 1.29 is 18.0 Å². The molecule has 0 saturated heterocycles. The lowest BCUT2D eigenvalue weighted by molar-refractivity contribution is -0.137. The van der Waals surface area contributed by atoms with Gasteiger partial charge in [0.25, 0.3) is 0 Å². The molecular weight excluding hydrogens is 448 g/mol. The lowest BCUT2D eigenvalue weighted by atomic mass is 9.93. The second-order valence-electron chi connectivity index (χ2n) is 5.99. The molecule has 0 heterocycles. The molecule has 25 heavy (non-hydrogen) atoms. The lowest BCUT2D eigenvalue weighted by Gasteiger charge is -2.22. The Morgan fingerprint density at radius 2 is 1.88 bits per heavy atom. The highest BCUT2D eigenvalue weighted by molar-refractivity contribution is 14.0. The van der Waals surface area contributed by atoms with Crippen LogP contribution in [0.3, 0.4) is 0 Å². The highest BCUT2D eigenvalue weighted by Crippen LogP contribution is 2.29. The minimum atomic E-state index is -4.38. The fraction of sp³-hybridized carbons (Fsp3) is 0.500. The first-order chi connectivity index (χ1) is 11.1. The molecule has 0 unspecified atom stereocenters. The van der Waals surface area contributed by atoms with Crippen molar-refractivity contribution >= 4 is 35.8 Å². The van der Waals surface area contributed by atoms with Crippen LogP contribution in [0, 0.1) is 5.41 Å². The number of hydrogen-bond donors (Lipinski definition) is 3. The van der Waals surface area contributed by atoms with E-state index >= 15 is 0 Å². The van der Waals surface area contributed by atoms with Gasteiger partial charge < -0.3 is 16.4 Å². The third-order valence-corrected chi connectivity index (χ3v) is 3.38. The molecule has 0 aliphatic heterocycles. The van der Waals surface area contributed by atoms with E-state index in [-0.39, 0.29) is 37.1 Å². The number of alkyl halides is 3. The van der Waals surface area contributed by atoms with Crippen molar-refractivity contribution in [3.05, 3.63) is 35.4 Å². The van der Waals surface area contributed by atoms with E-state index in [1.165, 1.54) is 6.07 Å². The predicted octanol–water partition coefficient (Wildman–Crippen LogP) is 2.89. The van der Waals surface area contributed by atoms with Gasteiger partial charge in [0, 0.05) is 13.1 Å². The topological polar surface area (TPSA) is 79.5 Å². The number of primary amides is 1. The van der Waals surface area contributed by atoms with E-state index in [9.17, 15) is 18.0 Å². The number of hydrogen-bond acceptors (Lipinski definition) is 2. The molecule has 0 fully saturated rings. The molecule has 1 aromatic carbocycles. The number of aliphatic imine (C=N–C) groups is 1. The SMILES string of the molecule is CCNC(=NCc1cccc(C(F)(F)F)c1)NCC(C)(C)C(N)=O.I. The van der Waals surface area contributed by atoms with Crippen LogP contribution in [0.4, 0.5) is 13.2 Å². The molecule has 1 amide bonds. The van der Waals surface area contributed by atoms with E-state index in [1.54, 1.807) is 19.9 Å². The average molecular weight is 472 g/mol. The van der Waals surface area contributed by atoms with Gasteiger partial charge in [-0.05, 0) is 38.5 Å². The maximum atomic E-state index is 12.7. The standard InChI is InChI=1S/C16H23F3N4O.HI/c1-4-21-14(23-10-15(2,3)13(20)24)22-9-11-6-5-7-12(8-11)16(17,18)19;/h5-8H,4,9-10H2,1-3H3,(H2,20,24)(H2,21,22,23);1H. The lowest BCUT2D eigenvalue weighted by Crippen LogP contribution is -2.46. The quantitative estimate of drug-likeness (QED) is 0.339. The van der Waals surface area contributed by atoms with E-state index in [0.29, 0.717) is 18.1 Å². The van der Waals surface area contributed by atoms with Crippen molar-refractivity contribution in [2.24, 2.45) is 16.1 Å². The molecule has 9 heteroatoms. The van der Waals surface area contributed by atoms with Crippen LogP contribution in [0.25, 0.3) is 0 Å². The molecule has 0 saturated carbocycles. The molecule has 0 atom stereocenters. The number of nitrogens with two attached hydrogens (primary N) is 1. The monoisotopic (exact) mass is 472 g/mol. The Balaban J connectivity index is 0.00000576. The molecule has 5 nitrogen and oxygen atoms in total. The minimum Gasteiger partial charge on any atom is -0.369 e. The summed E-state index contributed by atoms with van der Waals surface area (Å²) in [5, 5.41) is 5.95. The summed E-state index contributed by atoms with van der Waals surface area (Å²) < 4.78 is 38.1. The van der Waals surface area contributed by atoms with E-state index in [0.717, 1.165) is 12.1 Å². The molecule has 0 bridgehead atoms. The number of nitrogens with one attached hydrogen (secondary N) is 2. The predicted molar refractivity (Wildman–Crippen MR) is 103 cm³/mol. The number of amides is 1. The first kappa shape index (κ1) is 23.5. The molecule has 0 aliphatic carbocycles. The van der Waals surface area contributed by atoms with Gasteiger partial charge >= 0.3 is 6.18 Å². The highest BCUT2D eigenvalue weighted by atomic mass is 127. The molecule has 1 aromatic rings. The number of nitrogens with zero attached hydrogens (tertiary/aromatic N) is 1. The Morgan fingerprint density at radius 1 is 1.24 bits per heavy atom. The van der Waals surface area contributed by atoms with E-state index in [1.807, 2.05) is 6.92 Å². The van der Waals surface area contributed by atoms with Gasteiger partial charge in [-0.15, -0.1) is 24.0 Å². The van der Waals surface area contributed by atoms with Crippen molar-refractivity contribution in [3.8, 4) is 0 Å². The summed E-state index contributed by atoms with van der Waals surface area (Å²) in [4.78, 5) is 15.6. The van der Waals surface area contributed by atoms with Crippen molar-refractivity contribution in [2.45, 2.75) is 33.5 Å². The molecule has 0 aromatic heterocycles. The zero-order valence-electron chi connectivity index (χ0n) is 14.4. The highest BCUT2D eigenvalue weighted by Gasteiger charge is 2.30. The van der Waals surface area contributed by atoms with Gasteiger partial charge in [0.15, 0.2) is 5.96 Å². The van der Waals surface area contributed by atoms with Gasteiger partial charge in [-0.2, -0.15) is 13.2 Å². The van der Waals surface area contributed by atoms with Crippen molar-refractivity contribution in [3.63, 3.8) is 0 Å². The fourth-order valence-corrected chi connectivity index (χ4v) is 1.75. The van der Waals surface area contributed by atoms with E-state index < -0.39 is 23.1 Å². The molecule has 0 spiro atoms. The average Bonchev–Trinajstić information content (AvgIpc) is 2.49. The number of guanidine groups is 1. The third-order valence-electron chi connectivity index (χ3n) is 3.38. The van der Waals surface area contributed by atoms with Crippen molar-refractivity contribution in [1.82, 2.24) is 10.6 Å². The molecule has 0 aliphatic rings. The normalized spacial score (nSPS) is 12.3. The maximum Gasteiger partial charge on any atom is 0.416 e. The summed E-state index contributed by atoms with van der Waals surface area (Å²) in [5.74, 6) is -0.0482. The summed E-state index contributed by atoms with van der Waals surface area (Å²) in [6.45, 7) is 6.16. The Hall–Kier alpha value is -1.52. The smallest absolute Gasteiger partial charge is 0.369 e. The van der Waals surface area contributed by atoms with Gasteiger partial charge in [-0.3, -0.25) is 4.79 Å². The van der Waals surface area contributed by atoms with Crippen LogP contribution in [0.15, 0.2) is 29.3 Å². The van der Waals surface area contributed by atoms with Gasteiger partial charge in [-0.1, -0.05) is 12.1 Å². The summed E-state index contributed by atoms with van der Waals surface area (Å²) in [6, 6.07) is 5.02. The summed E-state index contributed by atoms with van der Waals surface area (Å²) >= 11 is 0. The van der Waals surface area contributed by atoms with Crippen LogP contribution in [0.2, 0.25) is 0 Å². The van der Waals surface area contributed by atoms with Gasteiger partial charge in [0.05, 0.1) is 17.5 Å². The second-order valence-corrected chi connectivity index (χ2v) is 5.99.